The van der Waals surface area contributed by atoms with E-state index in [4.69, 9.17) is 10.8 Å². The Labute approximate surface area is 116 Å². The van der Waals surface area contributed by atoms with Crippen LogP contribution in [0.5, 0.6) is 0 Å². The van der Waals surface area contributed by atoms with Gasteiger partial charge in [0.25, 0.3) is 0 Å². The topological polar surface area (TPSA) is 65.5 Å². The molecule has 20 heavy (non-hydrogen) atoms. The third-order valence-corrected chi connectivity index (χ3v) is 3.35. The number of aromatic nitrogens is 2. The molecule has 0 bridgehead atoms. The second kappa shape index (κ2) is 4.67. The summed E-state index contributed by atoms with van der Waals surface area (Å²) in [5.74, 6) is 0.365. The molecule has 0 unspecified atom stereocenters. The molecule has 1 aromatic carbocycles. The van der Waals surface area contributed by atoms with Crippen molar-refractivity contribution in [1.29, 1.82) is 10.8 Å². The Balaban J connectivity index is 2.26. The summed E-state index contributed by atoms with van der Waals surface area (Å²) in [6.07, 6.45) is 4.91. The van der Waals surface area contributed by atoms with Gasteiger partial charge in [0.05, 0.1) is 11.0 Å². The second-order valence-corrected chi connectivity index (χ2v) is 5.10. The minimum Gasteiger partial charge on any atom is -0.321 e. The number of rotatable bonds is 4. The summed E-state index contributed by atoms with van der Waals surface area (Å²) in [6.45, 7) is 1.66. The number of nitrogens with one attached hydrogen (secondary N) is 2. The van der Waals surface area contributed by atoms with E-state index >= 15 is 0 Å². The summed E-state index contributed by atoms with van der Waals surface area (Å²) in [7, 11) is 0. The fourth-order valence-corrected chi connectivity index (χ4v) is 2.38. The quantitative estimate of drug-likeness (QED) is 0.819. The van der Waals surface area contributed by atoms with Gasteiger partial charge in [0.15, 0.2) is 0 Å². The molecule has 3 rings (SSSR count). The highest BCUT2D eigenvalue weighted by atomic mass is 19.1. The van der Waals surface area contributed by atoms with Crippen molar-refractivity contribution in [2.24, 2.45) is 0 Å². The highest BCUT2D eigenvalue weighted by Gasteiger charge is 2.29. The molecule has 0 amide bonds. The molecule has 2 aromatic rings. The highest BCUT2D eigenvalue weighted by Crippen LogP contribution is 2.40. The van der Waals surface area contributed by atoms with Gasteiger partial charge in [0, 0.05) is 23.5 Å². The van der Waals surface area contributed by atoms with E-state index in [0.717, 1.165) is 23.9 Å². The Hall–Kier alpha value is -2.30. The first-order valence-electron chi connectivity index (χ1n) is 6.55. The Kier molecular flexibility index (Phi) is 2.97. The molecule has 1 saturated carbocycles. The van der Waals surface area contributed by atoms with Gasteiger partial charge >= 0.3 is 0 Å². The van der Waals surface area contributed by atoms with E-state index in [9.17, 15) is 4.39 Å². The SMILES string of the molecule is CC(=N)/C=C(\C=N)c1nc2ccc(F)cc2n1C1CC1. The number of halogens is 1. The summed E-state index contributed by atoms with van der Waals surface area (Å²) in [4.78, 5) is 4.52. The van der Waals surface area contributed by atoms with Crippen molar-refractivity contribution in [2.75, 3.05) is 0 Å². The fraction of sp³-hybridized carbons (Fsp3) is 0.267. The van der Waals surface area contributed by atoms with Crippen molar-refractivity contribution in [1.82, 2.24) is 9.55 Å². The molecule has 2 N–H and O–H groups in total. The van der Waals surface area contributed by atoms with E-state index < -0.39 is 0 Å². The fourth-order valence-electron chi connectivity index (χ4n) is 2.38. The average molecular weight is 270 g/mol. The third kappa shape index (κ3) is 2.15. The molecule has 1 aliphatic rings. The number of fused-ring (bicyclic) bond motifs is 1. The Morgan fingerprint density at radius 1 is 1.45 bits per heavy atom. The minimum absolute atomic E-state index is 0.283. The molecule has 0 aliphatic heterocycles. The summed E-state index contributed by atoms with van der Waals surface area (Å²) in [5.41, 5.74) is 2.44. The molecule has 1 aliphatic carbocycles. The van der Waals surface area contributed by atoms with Crippen molar-refractivity contribution >= 4 is 28.5 Å². The van der Waals surface area contributed by atoms with Crippen LogP contribution < -0.4 is 0 Å². The van der Waals surface area contributed by atoms with Gasteiger partial charge in [-0.05, 0) is 44.0 Å². The first-order chi connectivity index (χ1) is 9.60. The van der Waals surface area contributed by atoms with Crippen molar-refractivity contribution in [2.45, 2.75) is 25.8 Å². The molecule has 0 atom stereocenters. The Morgan fingerprint density at radius 2 is 2.20 bits per heavy atom. The van der Waals surface area contributed by atoms with Crippen LogP contribution in [-0.2, 0) is 0 Å². The van der Waals surface area contributed by atoms with E-state index in [1.807, 2.05) is 4.57 Å². The van der Waals surface area contributed by atoms with E-state index in [0.29, 0.717) is 23.2 Å². The zero-order valence-corrected chi connectivity index (χ0v) is 11.2. The molecular weight excluding hydrogens is 255 g/mol. The summed E-state index contributed by atoms with van der Waals surface area (Å²) in [5, 5.41) is 15.1. The van der Waals surface area contributed by atoms with E-state index in [1.54, 1.807) is 19.1 Å². The monoisotopic (exact) mass is 270 g/mol. The van der Waals surface area contributed by atoms with Crippen LogP contribution in [0.4, 0.5) is 4.39 Å². The molecule has 1 fully saturated rings. The lowest BCUT2D eigenvalue weighted by Crippen LogP contribution is -2.03. The second-order valence-electron chi connectivity index (χ2n) is 5.10. The first kappa shape index (κ1) is 12.7. The maximum atomic E-state index is 13.5. The van der Waals surface area contributed by atoms with Crippen LogP contribution in [-0.4, -0.2) is 21.5 Å². The summed E-state index contributed by atoms with van der Waals surface area (Å²) in [6, 6.07) is 4.87. The molecule has 102 valence electrons. The lowest BCUT2D eigenvalue weighted by atomic mass is 10.2. The zero-order valence-electron chi connectivity index (χ0n) is 11.2. The van der Waals surface area contributed by atoms with Crippen molar-refractivity contribution < 1.29 is 4.39 Å². The van der Waals surface area contributed by atoms with Crippen LogP contribution in [0.3, 0.4) is 0 Å². The van der Waals surface area contributed by atoms with E-state index in [-0.39, 0.29) is 5.82 Å². The highest BCUT2D eigenvalue weighted by molar-refractivity contribution is 6.15. The van der Waals surface area contributed by atoms with Crippen LogP contribution in [0, 0.1) is 16.6 Å². The number of hydrogen-bond donors (Lipinski definition) is 2. The molecule has 1 heterocycles. The first-order valence-corrected chi connectivity index (χ1v) is 6.55. The molecular formula is C15H15FN4. The molecule has 4 nitrogen and oxygen atoms in total. The normalized spacial score (nSPS) is 15.6. The van der Waals surface area contributed by atoms with Gasteiger partial charge in [-0.15, -0.1) is 0 Å². The molecule has 0 saturated heterocycles. The Bertz CT molecular complexity index is 738. The summed E-state index contributed by atoms with van der Waals surface area (Å²) >= 11 is 0. The Morgan fingerprint density at radius 3 is 2.80 bits per heavy atom. The zero-order chi connectivity index (χ0) is 14.3. The van der Waals surface area contributed by atoms with Crippen LogP contribution in [0.25, 0.3) is 16.6 Å². The van der Waals surface area contributed by atoms with Gasteiger partial charge in [-0.25, -0.2) is 9.37 Å². The van der Waals surface area contributed by atoms with Crippen LogP contribution in [0.1, 0.15) is 31.6 Å². The predicted molar refractivity (Wildman–Crippen MR) is 78.1 cm³/mol. The van der Waals surface area contributed by atoms with E-state index in [1.165, 1.54) is 18.3 Å². The smallest absolute Gasteiger partial charge is 0.142 e. The van der Waals surface area contributed by atoms with Gasteiger partial charge in [0.2, 0.25) is 0 Å². The standard InChI is InChI=1S/C15H15FN4/c1-9(18)6-10(8-17)15-19-13-5-2-11(16)7-14(13)20(15)12-3-4-12/h2,5-8,12,17-18H,3-4H2,1H3/b10-6+,17-8?,18-9?. The minimum atomic E-state index is -0.283. The van der Waals surface area contributed by atoms with Gasteiger partial charge in [-0.3, -0.25) is 0 Å². The van der Waals surface area contributed by atoms with Gasteiger partial charge in [-0.1, -0.05) is 0 Å². The molecule has 5 heteroatoms. The number of imidazole rings is 1. The van der Waals surface area contributed by atoms with Gasteiger partial charge < -0.3 is 15.4 Å². The number of hydrogen-bond acceptors (Lipinski definition) is 3. The third-order valence-electron chi connectivity index (χ3n) is 3.35. The van der Waals surface area contributed by atoms with Crippen LogP contribution >= 0.6 is 0 Å². The molecule has 0 spiro atoms. The maximum Gasteiger partial charge on any atom is 0.142 e. The van der Waals surface area contributed by atoms with Crippen molar-refractivity contribution in [3.05, 3.63) is 35.9 Å². The lowest BCUT2D eigenvalue weighted by molar-refractivity contribution is 0.628. The summed E-state index contributed by atoms with van der Waals surface area (Å²) < 4.78 is 15.5. The molecule has 1 aromatic heterocycles. The van der Waals surface area contributed by atoms with Gasteiger partial charge in [-0.2, -0.15) is 0 Å². The van der Waals surface area contributed by atoms with Gasteiger partial charge in [0.1, 0.15) is 11.6 Å². The van der Waals surface area contributed by atoms with Crippen LogP contribution in [0.2, 0.25) is 0 Å². The average Bonchev–Trinajstić information content (AvgIpc) is 3.17. The number of nitrogens with zero attached hydrogens (tertiary/aromatic N) is 2. The predicted octanol–water partition coefficient (Wildman–Crippen LogP) is 3.58. The lowest BCUT2D eigenvalue weighted by Gasteiger charge is -2.07. The molecule has 0 radical (unpaired) electrons. The largest absolute Gasteiger partial charge is 0.321 e. The number of benzene rings is 1. The van der Waals surface area contributed by atoms with E-state index in [2.05, 4.69) is 4.98 Å². The van der Waals surface area contributed by atoms with Crippen molar-refractivity contribution in [3.8, 4) is 0 Å². The number of allylic oxidation sites excluding steroid dienone is 2. The van der Waals surface area contributed by atoms with Crippen molar-refractivity contribution in [3.63, 3.8) is 0 Å². The maximum absolute atomic E-state index is 13.5. The van der Waals surface area contributed by atoms with Crippen LogP contribution in [0.15, 0.2) is 24.3 Å².